The molecule has 0 spiro atoms. The van der Waals surface area contributed by atoms with Crippen molar-refractivity contribution in [3.05, 3.63) is 0 Å². The molecule has 0 radical (unpaired) electrons. The largest absolute Gasteiger partial charge is 0.327 e. The number of halogens is 1. The van der Waals surface area contributed by atoms with E-state index in [2.05, 4.69) is 39.7 Å². The minimum absolute atomic E-state index is 0.0149. The number of rotatable bonds is 4. The van der Waals surface area contributed by atoms with Crippen LogP contribution in [-0.2, 0) is 0 Å². The Morgan fingerprint density at radius 1 is 1.36 bits per heavy atom. The molecule has 0 aromatic heterocycles. The van der Waals surface area contributed by atoms with Crippen LogP contribution in [0.1, 0.15) is 20.8 Å². The predicted molar refractivity (Wildman–Crippen MR) is 50.6 cm³/mol. The predicted octanol–water partition coefficient (Wildman–Crippen LogP) is 1.60. The van der Waals surface area contributed by atoms with Crippen LogP contribution in [0.2, 0.25) is 0 Å². The normalized spacial score (nSPS) is 13.6. The van der Waals surface area contributed by atoms with Gasteiger partial charge >= 0.3 is 0 Å². The summed E-state index contributed by atoms with van der Waals surface area (Å²) in [6.45, 7) is 8.56. The van der Waals surface area contributed by atoms with Crippen molar-refractivity contribution in [3.8, 4) is 0 Å². The van der Waals surface area contributed by atoms with Gasteiger partial charge in [0.05, 0.1) is 32.7 Å². The minimum atomic E-state index is 0.0149. The average Bonchev–Trinajstić information content (AvgIpc) is 1.86. The topological polar surface area (TPSA) is 12.0 Å². The van der Waals surface area contributed by atoms with Gasteiger partial charge in [-0.25, -0.2) is 4.84 Å². The molecule has 0 bridgehead atoms. The molecule has 0 aliphatic rings. The quantitative estimate of drug-likeness (QED) is 0.511. The Bertz CT molecular complexity index is 107. The standard InChI is InChI=1S/C8H20ClN2/c1-6-11(4,5)7-8(2,3)10-9/h10H,6-7H2,1-5H3/q+1. The Hall–Kier alpha value is 0.210. The zero-order valence-corrected chi connectivity index (χ0v) is 9.00. The molecule has 3 heteroatoms. The molecule has 2 nitrogen and oxygen atoms in total. The van der Waals surface area contributed by atoms with Crippen LogP contribution in [0.25, 0.3) is 0 Å². The molecule has 0 atom stereocenters. The molecule has 0 unspecified atom stereocenters. The highest BCUT2D eigenvalue weighted by molar-refractivity contribution is 6.13. The van der Waals surface area contributed by atoms with Crippen LogP contribution < -0.4 is 4.84 Å². The molecule has 11 heavy (non-hydrogen) atoms. The fourth-order valence-electron chi connectivity index (χ4n) is 1.21. The molecule has 0 aromatic carbocycles. The second kappa shape index (κ2) is 3.74. The van der Waals surface area contributed by atoms with E-state index in [1.165, 1.54) is 0 Å². The van der Waals surface area contributed by atoms with E-state index in [9.17, 15) is 0 Å². The van der Waals surface area contributed by atoms with Gasteiger partial charge in [0.2, 0.25) is 0 Å². The molecular weight excluding hydrogens is 160 g/mol. The Morgan fingerprint density at radius 3 is 2.09 bits per heavy atom. The summed E-state index contributed by atoms with van der Waals surface area (Å²) in [6.07, 6.45) is 0. The third-order valence-corrected chi connectivity index (χ3v) is 2.45. The minimum Gasteiger partial charge on any atom is -0.327 e. The zero-order chi connectivity index (χ0) is 9.12. The van der Waals surface area contributed by atoms with Crippen LogP contribution in [0, 0.1) is 0 Å². The molecule has 0 fully saturated rings. The molecule has 0 saturated heterocycles. The number of quaternary nitrogens is 1. The molecule has 0 heterocycles. The van der Waals surface area contributed by atoms with Crippen LogP contribution in [-0.4, -0.2) is 37.2 Å². The number of nitrogens with one attached hydrogen (secondary N) is 1. The summed E-state index contributed by atoms with van der Waals surface area (Å²) in [6, 6.07) is 0. The Balaban J connectivity index is 4.02. The van der Waals surface area contributed by atoms with Gasteiger partial charge in [-0.3, -0.25) is 0 Å². The number of likely N-dealkylation sites (N-methyl/N-ethyl adjacent to an activating group) is 1. The van der Waals surface area contributed by atoms with Crippen molar-refractivity contribution in [2.24, 2.45) is 0 Å². The molecule has 0 aromatic rings. The van der Waals surface area contributed by atoms with Gasteiger partial charge in [0.1, 0.15) is 0 Å². The third-order valence-electron chi connectivity index (χ3n) is 1.94. The summed E-state index contributed by atoms with van der Waals surface area (Å²) in [7, 11) is 4.41. The highest BCUT2D eigenvalue weighted by atomic mass is 35.5. The van der Waals surface area contributed by atoms with E-state index in [1.807, 2.05) is 0 Å². The van der Waals surface area contributed by atoms with Crippen molar-refractivity contribution < 1.29 is 4.48 Å². The van der Waals surface area contributed by atoms with E-state index in [4.69, 9.17) is 11.8 Å². The smallest absolute Gasteiger partial charge is 0.0974 e. The Kier molecular flexibility index (Phi) is 3.82. The van der Waals surface area contributed by atoms with E-state index < -0.39 is 0 Å². The van der Waals surface area contributed by atoms with Gasteiger partial charge in [-0.1, -0.05) is 0 Å². The lowest BCUT2D eigenvalue weighted by Crippen LogP contribution is -2.53. The van der Waals surface area contributed by atoms with Gasteiger partial charge in [-0.05, 0) is 32.5 Å². The van der Waals surface area contributed by atoms with Crippen LogP contribution in [0.5, 0.6) is 0 Å². The van der Waals surface area contributed by atoms with E-state index in [1.54, 1.807) is 0 Å². The Morgan fingerprint density at radius 2 is 1.82 bits per heavy atom. The molecular formula is C8H20ClN2+. The van der Waals surface area contributed by atoms with Crippen LogP contribution in [0.3, 0.4) is 0 Å². The second-order valence-corrected chi connectivity index (χ2v) is 4.58. The summed E-state index contributed by atoms with van der Waals surface area (Å²) >= 11 is 5.60. The van der Waals surface area contributed by atoms with Gasteiger partial charge in [-0.2, -0.15) is 0 Å². The SMILES string of the molecule is CC[N+](C)(C)CC(C)(C)NCl. The fourth-order valence-corrected chi connectivity index (χ4v) is 1.27. The van der Waals surface area contributed by atoms with Crippen molar-refractivity contribution >= 4 is 11.8 Å². The first-order valence-electron chi connectivity index (χ1n) is 4.03. The fraction of sp³-hybridized carbons (Fsp3) is 1.00. The van der Waals surface area contributed by atoms with Crippen LogP contribution in [0.4, 0.5) is 0 Å². The lowest BCUT2D eigenvalue weighted by atomic mass is 10.1. The monoisotopic (exact) mass is 179 g/mol. The third kappa shape index (κ3) is 4.62. The van der Waals surface area contributed by atoms with Gasteiger partial charge < -0.3 is 4.48 Å². The highest BCUT2D eigenvalue weighted by Gasteiger charge is 2.26. The maximum atomic E-state index is 5.60. The van der Waals surface area contributed by atoms with Crippen LogP contribution >= 0.6 is 11.8 Å². The number of nitrogens with zero attached hydrogens (tertiary/aromatic N) is 1. The summed E-state index contributed by atoms with van der Waals surface area (Å²) in [4.78, 5) is 2.79. The van der Waals surface area contributed by atoms with Crippen LogP contribution in [0.15, 0.2) is 0 Å². The van der Waals surface area contributed by atoms with Gasteiger partial charge in [-0.15, -0.1) is 0 Å². The number of hydrogen-bond donors (Lipinski definition) is 1. The maximum absolute atomic E-state index is 5.60. The van der Waals surface area contributed by atoms with Crippen molar-refractivity contribution in [1.82, 2.24) is 4.84 Å². The van der Waals surface area contributed by atoms with E-state index in [0.717, 1.165) is 17.6 Å². The lowest BCUT2D eigenvalue weighted by molar-refractivity contribution is -0.891. The molecule has 68 valence electrons. The van der Waals surface area contributed by atoms with Crippen molar-refractivity contribution in [1.29, 1.82) is 0 Å². The first-order valence-corrected chi connectivity index (χ1v) is 4.40. The van der Waals surface area contributed by atoms with Crippen molar-refractivity contribution in [3.63, 3.8) is 0 Å². The molecule has 0 aliphatic carbocycles. The first-order chi connectivity index (χ1) is 4.83. The molecule has 0 aliphatic heterocycles. The first kappa shape index (κ1) is 11.2. The summed E-state index contributed by atoms with van der Waals surface area (Å²) in [5.41, 5.74) is 0.0149. The maximum Gasteiger partial charge on any atom is 0.0974 e. The summed E-state index contributed by atoms with van der Waals surface area (Å²) in [5, 5.41) is 0. The van der Waals surface area contributed by atoms with E-state index in [-0.39, 0.29) is 5.54 Å². The van der Waals surface area contributed by atoms with E-state index in [0.29, 0.717) is 0 Å². The molecule has 0 rings (SSSR count). The van der Waals surface area contributed by atoms with Crippen molar-refractivity contribution in [2.45, 2.75) is 26.3 Å². The van der Waals surface area contributed by atoms with Gasteiger partial charge in [0.25, 0.3) is 0 Å². The summed E-state index contributed by atoms with van der Waals surface area (Å²) < 4.78 is 0.993. The number of hydrogen-bond acceptors (Lipinski definition) is 1. The Labute approximate surface area is 75.2 Å². The molecule has 0 saturated carbocycles. The molecule has 1 N–H and O–H groups in total. The van der Waals surface area contributed by atoms with Crippen molar-refractivity contribution in [2.75, 3.05) is 27.2 Å². The summed E-state index contributed by atoms with van der Waals surface area (Å²) in [5.74, 6) is 0. The average molecular weight is 180 g/mol. The van der Waals surface area contributed by atoms with Gasteiger partial charge in [0, 0.05) is 0 Å². The van der Waals surface area contributed by atoms with E-state index >= 15 is 0 Å². The second-order valence-electron chi connectivity index (χ2n) is 4.39. The zero-order valence-electron chi connectivity index (χ0n) is 8.24. The highest BCUT2D eigenvalue weighted by Crippen LogP contribution is 2.09. The molecule has 0 amide bonds. The van der Waals surface area contributed by atoms with Gasteiger partial charge in [0.15, 0.2) is 0 Å². The lowest BCUT2D eigenvalue weighted by Gasteiger charge is -2.35.